The van der Waals surface area contributed by atoms with Crippen LogP contribution in [0, 0.1) is 5.92 Å². The summed E-state index contributed by atoms with van der Waals surface area (Å²) in [5.41, 5.74) is 0. The molecule has 3 rings (SSSR count). The number of likely N-dealkylation sites (tertiary alicyclic amines) is 2. The van der Waals surface area contributed by atoms with Crippen LogP contribution in [0.5, 0.6) is 0 Å². The van der Waals surface area contributed by atoms with Gasteiger partial charge in [0.2, 0.25) is 5.91 Å². The number of nitrogens with one attached hydrogen (secondary N) is 1. The molecule has 0 bridgehead atoms. The Morgan fingerprint density at radius 3 is 2.57 bits per heavy atom. The maximum Gasteiger partial charge on any atom is 0.239 e. The molecule has 1 aliphatic carbocycles. The van der Waals surface area contributed by atoms with Crippen molar-refractivity contribution >= 4 is 5.91 Å². The molecule has 2 unspecified atom stereocenters. The van der Waals surface area contributed by atoms with E-state index in [1.807, 2.05) is 0 Å². The number of piperidine rings is 2. The maximum atomic E-state index is 12.6. The van der Waals surface area contributed by atoms with E-state index in [9.17, 15) is 4.79 Å². The molecule has 2 aliphatic heterocycles. The Morgan fingerprint density at radius 1 is 1.10 bits per heavy atom. The summed E-state index contributed by atoms with van der Waals surface area (Å²) >= 11 is 0. The topological polar surface area (TPSA) is 35.6 Å². The van der Waals surface area contributed by atoms with Gasteiger partial charge in [0.25, 0.3) is 0 Å². The molecule has 1 saturated carbocycles. The first-order valence-corrected chi connectivity index (χ1v) is 9.00. The van der Waals surface area contributed by atoms with Crippen LogP contribution in [-0.4, -0.2) is 60.5 Å². The number of amides is 1. The van der Waals surface area contributed by atoms with Crippen LogP contribution in [0.1, 0.15) is 51.9 Å². The van der Waals surface area contributed by atoms with Crippen molar-refractivity contribution in [1.29, 1.82) is 0 Å². The second-order valence-corrected chi connectivity index (χ2v) is 7.25. The van der Waals surface area contributed by atoms with E-state index in [0.29, 0.717) is 5.91 Å². The Labute approximate surface area is 129 Å². The molecule has 1 N–H and O–H groups in total. The number of nitrogens with zero attached hydrogens (tertiary/aromatic N) is 2. The molecule has 4 heteroatoms. The van der Waals surface area contributed by atoms with Crippen molar-refractivity contribution in [3.63, 3.8) is 0 Å². The van der Waals surface area contributed by atoms with Crippen LogP contribution in [0.2, 0.25) is 0 Å². The van der Waals surface area contributed by atoms with Gasteiger partial charge >= 0.3 is 0 Å². The third-order valence-electron chi connectivity index (χ3n) is 5.40. The van der Waals surface area contributed by atoms with E-state index < -0.39 is 0 Å². The maximum absolute atomic E-state index is 12.6. The minimum absolute atomic E-state index is 0.0758. The van der Waals surface area contributed by atoms with Crippen molar-refractivity contribution in [2.45, 2.75) is 64.0 Å². The van der Waals surface area contributed by atoms with Crippen LogP contribution >= 0.6 is 0 Å². The van der Waals surface area contributed by atoms with Gasteiger partial charge in [-0.2, -0.15) is 0 Å². The van der Waals surface area contributed by atoms with Crippen molar-refractivity contribution in [2.24, 2.45) is 5.92 Å². The van der Waals surface area contributed by atoms with Gasteiger partial charge in [0.1, 0.15) is 0 Å². The lowest BCUT2D eigenvalue weighted by Crippen LogP contribution is -2.52. The molecule has 1 amide bonds. The normalized spacial score (nSPS) is 29.4. The average molecular weight is 293 g/mol. The molecule has 3 fully saturated rings. The summed E-state index contributed by atoms with van der Waals surface area (Å²) in [5, 5.41) is 3.66. The van der Waals surface area contributed by atoms with Crippen molar-refractivity contribution < 1.29 is 4.79 Å². The largest absolute Gasteiger partial charge is 0.341 e. The number of carbonyl (C=O) groups excluding carboxylic acids is 1. The lowest BCUT2D eigenvalue weighted by atomic mass is 9.96. The molecule has 4 nitrogen and oxygen atoms in total. The van der Waals surface area contributed by atoms with E-state index in [4.69, 9.17) is 0 Å². The van der Waals surface area contributed by atoms with Gasteiger partial charge in [-0.05, 0) is 70.9 Å². The standard InChI is InChI=1S/C17H31N3O/c1-14(17(21)19-9-3-2-4-10-19)20-11-5-6-15(13-20)12-18-16-7-8-16/h14-16,18H,2-13H2,1H3. The zero-order valence-corrected chi connectivity index (χ0v) is 13.5. The second-order valence-electron chi connectivity index (χ2n) is 7.25. The third kappa shape index (κ3) is 4.19. The summed E-state index contributed by atoms with van der Waals surface area (Å²) in [6.07, 6.45) is 8.95. The molecule has 0 spiro atoms. The zero-order valence-electron chi connectivity index (χ0n) is 13.5. The predicted octanol–water partition coefficient (Wildman–Crippen LogP) is 1.85. The molecule has 3 aliphatic rings. The Bertz CT molecular complexity index is 350. The van der Waals surface area contributed by atoms with Gasteiger partial charge in [-0.15, -0.1) is 0 Å². The third-order valence-corrected chi connectivity index (χ3v) is 5.40. The van der Waals surface area contributed by atoms with Crippen LogP contribution in [0.15, 0.2) is 0 Å². The van der Waals surface area contributed by atoms with E-state index in [-0.39, 0.29) is 6.04 Å². The van der Waals surface area contributed by atoms with E-state index in [1.165, 1.54) is 44.9 Å². The van der Waals surface area contributed by atoms with Gasteiger partial charge in [-0.1, -0.05) is 0 Å². The molecule has 2 saturated heterocycles. The highest BCUT2D eigenvalue weighted by molar-refractivity contribution is 5.81. The molecule has 2 atom stereocenters. The second kappa shape index (κ2) is 7.10. The minimum Gasteiger partial charge on any atom is -0.341 e. The van der Waals surface area contributed by atoms with Gasteiger partial charge < -0.3 is 10.2 Å². The van der Waals surface area contributed by atoms with Crippen molar-refractivity contribution in [1.82, 2.24) is 15.1 Å². The first-order chi connectivity index (χ1) is 10.2. The lowest BCUT2D eigenvalue weighted by molar-refractivity contribution is -0.138. The highest BCUT2D eigenvalue weighted by Crippen LogP contribution is 2.23. The van der Waals surface area contributed by atoms with Crippen molar-refractivity contribution in [2.75, 3.05) is 32.7 Å². The molecule has 0 aromatic heterocycles. The molecular formula is C17H31N3O. The molecule has 2 heterocycles. The highest BCUT2D eigenvalue weighted by atomic mass is 16.2. The molecule has 0 aromatic carbocycles. The summed E-state index contributed by atoms with van der Waals surface area (Å²) in [5.74, 6) is 1.10. The molecule has 0 radical (unpaired) electrons. The minimum atomic E-state index is 0.0758. The van der Waals surface area contributed by atoms with E-state index >= 15 is 0 Å². The van der Waals surface area contributed by atoms with Crippen LogP contribution in [0.3, 0.4) is 0 Å². The fourth-order valence-corrected chi connectivity index (χ4v) is 3.77. The first-order valence-electron chi connectivity index (χ1n) is 9.00. The monoisotopic (exact) mass is 293 g/mol. The van der Waals surface area contributed by atoms with Gasteiger partial charge in [0.15, 0.2) is 0 Å². The van der Waals surface area contributed by atoms with Crippen LogP contribution in [0.25, 0.3) is 0 Å². The SMILES string of the molecule is CC(C(=O)N1CCCCC1)N1CCCC(CNC2CC2)C1. The molecular weight excluding hydrogens is 262 g/mol. The Hall–Kier alpha value is -0.610. The molecule has 0 aromatic rings. The quantitative estimate of drug-likeness (QED) is 0.840. The van der Waals surface area contributed by atoms with E-state index in [1.54, 1.807) is 0 Å². The average Bonchev–Trinajstić information content (AvgIpc) is 3.37. The van der Waals surface area contributed by atoms with Crippen molar-refractivity contribution in [3.8, 4) is 0 Å². The molecule has 120 valence electrons. The predicted molar refractivity (Wildman–Crippen MR) is 85.2 cm³/mol. The number of hydrogen-bond acceptors (Lipinski definition) is 3. The van der Waals surface area contributed by atoms with Gasteiger partial charge in [-0.3, -0.25) is 9.69 Å². The fourth-order valence-electron chi connectivity index (χ4n) is 3.77. The summed E-state index contributed by atoms with van der Waals surface area (Å²) < 4.78 is 0. The highest BCUT2D eigenvalue weighted by Gasteiger charge is 2.31. The van der Waals surface area contributed by atoms with Crippen LogP contribution in [-0.2, 0) is 4.79 Å². The van der Waals surface area contributed by atoms with Crippen LogP contribution < -0.4 is 5.32 Å². The lowest BCUT2D eigenvalue weighted by Gasteiger charge is -2.39. The van der Waals surface area contributed by atoms with Gasteiger partial charge in [-0.25, -0.2) is 0 Å². The van der Waals surface area contributed by atoms with Crippen LogP contribution in [0.4, 0.5) is 0 Å². The summed E-state index contributed by atoms with van der Waals surface area (Å²) in [4.78, 5) is 17.2. The number of hydrogen-bond donors (Lipinski definition) is 1. The van der Waals surface area contributed by atoms with Gasteiger partial charge in [0.05, 0.1) is 6.04 Å². The molecule has 21 heavy (non-hydrogen) atoms. The Morgan fingerprint density at radius 2 is 1.86 bits per heavy atom. The summed E-state index contributed by atoms with van der Waals surface area (Å²) in [7, 11) is 0. The summed E-state index contributed by atoms with van der Waals surface area (Å²) in [6, 6.07) is 0.875. The number of rotatable bonds is 5. The first kappa shape index (κ1) is 15.3. The number of carbonyl (C=O) groups is 1. The Kier molecular flexibility index (Phi) is 5.17. The Balaban J connectivity index is 1.47. The van der Waals surface area contributed by atoms with E-state index in [0.717, 1.165) is 44.7 Å². The van der Waals surface area contributed by atoms with E-state index in [2.05, 4.69) is 22.0 Å². The van der Waals surface area contributed by atoms with Crippen molar-refractivity contribution in [3.05, 3.63) is 0 Å². The summed E-state index contributed by atoms with van der Waals surface area (Å²) in [6.45, 7) is 7.41. The fraction of sp³-hybridized carbons (Fsp3) is 0.941. The zero-order chi connectivity index (χ0) is 14.7. The smallest absolute Gasteiger partial charge is 0.239 e. The van der Waals surface area contributed by atoms with Gasteiger partial charge in [0, 0.05) is 25.7 Å².